The standard InChI is InChI=1S/C13H18NO.N3.4W/c1-13(2,3)12(15)11(14)9-10-7-5-4-6-8-10;1-3-2;;;;/h5-8,11H,9,14H2,1-3H3;;;;;/q2*-1;;;;+2/t11-;;;;;/m0...../s1. The number of hydrogen-bond acceptors (Lipinski definition) is 2. The van der Waals surface area contributed by atoms with E-state index in [1.165, 1.54) is 4.91 Å². The number of Topliss-reactive ketones (excluding diaryl/α,β-unsaturated/α-hetero) is 1. The molecule has 0 spiro atoms. The van der Waals surface area contributed by atoms with E-state index >= 15 is 0 Å². The van der Waals surface area contributed by atoms with E-state index in [2.05, 4.69) is 6.07 Å². The molecule has 0 amide bonds. The maximum absolute atomic E-state index is 11.8. The molecule has 9 heteroatoms. The van der Waals surface area contributed by atoms with Crippen LogP contribution >= 0.6 is 0 Å². The fraction of sp³-hybridized carbons (Fsp3) is 0.462. The normalized spacial score (nSPS) is 9.64. The number of ketones is 1. The summed E-state index contributed by atoms with van der Waals surface area (Å²) >= 11 is 0. The first-order valence-corrected chi connectivity index (χ1v) is 5.56. The molecule has 0 saturated carbocycles. The van der Waals surface area contributed by atoms with Crippen molar-refractivity contribution in [3.05, 3.63) is 51.9 Å². The van der Waals surface area contributed by atoms with E-state index in [9.17, 15) is 4.79 Å². The molecule has 0 aliphatic heterocycles. The fourth-order valence-corrected chi connectivity index (χ4v) is 1.46. The van der Waals surface area contributed by atoms with Crippen LogP contribution in [0.25, 0.3) is 16.0 Å². The molecule has 0 aromatic heterocycles. The number of nitrogens with two attached hydrogens (primary N) is 1. The van der Waals surface area contributed by atoms with E-state index in [1.54, 1.807) is 0 Å². The van der Waals surface area contributed by atoms with Gasteiger partial charge in [-0.3, -0.25) is 9.71 Å². The van der Waals surface area contributed by atoms with Crippen LogP contribution in [0.5, 0.6) is 0 Å². The number of benzene rings is 1. The Morgan fingerprint density at radius 1 is 1.23 bits per heavy atom. The molecule has 5 nitrogen and oxygen atoms in total. The topological polar surface area (TPSA) is 102 Å². The van der Waals surface area contributed by atoms with E-state index < -0.39 is 6.04 Å². The third-order valence-electron chi connectivity index (χ3n) is 2.32. The second-order valence-electron chi connectivity index (χ2n) is 4.92. The van der Waals surface area contributed by atoms with Gasteiger partial charge < -0.3 is 16.8 Å². The summed E-state index contributed by atoms with van der Waals surface area (Å²) in [5, 5.41) is 0. The van der Waals surface area contributed by atoms with Crippen molar-refractivity contribution in [2.45, 2.75) is 33.2 Å². The fourth-order valence-electron chi connectivity index (χ4n) is 1.46. The summed E-state index contributed by atoms with van der Waals surface area (Å²) in [5.74, 6) is 0.107. The average Bonchev–Trinajstić information content (AvgIpc) is 2.29. The maximum Gasteiger partial charge on any atom is 2.00 e. The first kappa shape index (κ1) is 34.3. The first-order chi connectivity index (χ1) is 8.32. The molecule has 0 saturated heterocycles. The molecule has 0 heterocycles. The molecule has 0 radical (unpaired) electrons. The Kier molecular flexibility index (Phi) is 28.5. The molecule has 1 aromatic carbocycles. The van der Waals surface area contributed by atoms with Crippen molar-refractivity contribution in [2.75, 3.05) is 0 Å². The second-order valence-corrected chi connectivity index (χ2v) is 4.92. The molecule has 0 fully saturated rings. The Labute approximate surface area is 189 Å². The van der Waals surface area contributed by atoms with Gasteiger partial charge in [-0.05, 0) is 6.42 Å². The van der Waals surface area contributed by atoms with Crippen LogP contribution in [0.4, 0.5) is 0 Å². The van der Waals surface area contributed by atoms with Crippen molar-refractivity contribution in [1.82, 2.24) is 0 Å². The van der Waals surface area contributed by atoms with Crippen molar-refractivity contribution in [2.24, 2.45) is 11.1 Å². The van der Waals surface area contributed by atoms with Gasteiger partial charge in [-0.15, -0.1) is 0 Å². The molecule has 1 aromatic rings. The van der Waals surface area contributed by atoms with E-state index in [-0.39, 0.29) is 95.5 Å². The van der Waals surface area contributed by atoms with Crippen LogP contribution in [0.1, 0.15) is 26.3 Å². The largest absolute Gasteiger partial charge is 2.00 e. The summed E-state index contributed by atoms with van der Waals surface area (Å²) in [6.45, 7) is 5.69. The zero-order valence-corrected chi connectivity index (χ0v) is 24.3. The summed E-state index contributed by atoms with van der Waals surface area (Å²) in [4.78, 5) is 13.3. The Hall–Kier alpha value is 0.913. The Morgan fingerprint density at radius 3 is 1.91 bits per heavy atom. The van der Waals surface area contributed by atoms with Gasteiger partial charge in [-0.2, -0.15) is 35.9 Å². The summed E-state index contributed by atoms with van der Waals surface area (Å²) in [6.07, 6.45) is 0.602. The van der Waals surface area contributed by atoms with Crippen LogP contribution in [-0.2, 0) is 95.5 Å². The minimum absolute atomic E-state index is 0. The Morgan fingerprint density at radius 2 is 1.59 bits per heavy atom. The van der Waals surface area contributed by atoms with Crippen LogP contribution in [0.15, 0.2) is 24.3 Å². The van der Waals surface area contributed by atoms with Gasteiger partial charge in [0.2, 0.25) is 0 Å². The number of rotatable bonds is 3. The Balaban J connectivity index is -0.000000127. The van der Waals surface area contributed by atoms with Crippen LogP contribution in [0, 0.1) is 11.5 Å². The molecule has 0 unspecified atom stereocenters. The Bertz CT molecular complexity index is 418. The summed E-state index contributed by atoms with van der Waals surface area (Å²) in [5.41, 5.74) is 20.1. The molecule has 0 bridgehead atoms. The predicted octanol–water partition coefficient (Wildman–Crippen LogP) is 2.83. The molecular weight excluding hydrogens is 964 g/mol. The third kappa shape index (κ3) is 15.8. The van der Waals surface area contributed by atoms with Crippen LogP contribution in [-0.4, -0.2) is 11.8 Å². The molecule has 0 aliphatic rings. The summed E-state index contributed by atoms with van der Waals surface area (Å²) in [6, 6.07) is 10.1. The van der Waals surface area contributed by atoms with Crippen molar-refractivity contribution in [3.8, 4) is 0 Å². The van der Waals surface area contributed by atoms with Gasteiger partial charge in [0.15, 0.2) is 5.78 Å². The van der Waals surface area contributed by atoms with Crippen LogP contribution < -0.4 is 5.73 Å². The quantitative estimate of drug-likeness (QED) is 0.218. The number of carbonyl (C=O) groups excluding carboxylic acids is 1. The zero-order chi connectivity index (χ0) is 14.2. The molecular formula is C13H18N4OW4. The average molecular weight is 982 g/mol. The zero-order valence-electron chi connectivity index (χ0n) is 12.6. The number of carbonyl (C=O) groups is 1. The molecule has 0 aliphatic carbocycles. The third-order valence-corrected chi connectivity index (χ3v) is 2.32. The second kappa shape index (κ2) is 18.3. The minimum atomic E-state index is -0.410. The van der Waals surface area contributed by atoms with Gasteiger partial charge in [0.25, 0.3) is 0 Å². The predicted molar refractivity (Wildman–Crippen MR) is 71.5 cm³/mol. The first-order valence-electron chi connectivity index (χ1n) is 5.56. The molecule has 22 heavy (non-hydrogen) atoms. The minimum Gasteiger partial charge on any atom is -0.373 e. The van der Waals surface area contributed by atoms with Crippen molar-refractivity contribution >= 4 is 5.78 Å². The van der Waals surface area contributed by atoms with Crippen molar-refractivity contribution < 1.29 is 89.1 Å². The smallest absolute Gasteiger partial charge is 0.373 e. The molecule has 1 rings (SSSR count). The molecule has 1 atom stereocenters. The van der Waals surface area contributed by atoms with Gasteiger partial charge in [0, 0.05) is 68.6 Å². The van der Waals surface area contributed by atoms with E-state index in [0.29, 0.717) is 6.42 Å². The van der Waals surface area contributed by atoms with Gasteiger partial charge in [-0.1, -0.05) is 20.8 Å². The van der Waals surface area contributed by atoms with E-state index in [4.69, 9.17) is 16.8 Å². The van der Waals surface area contributed by atoms with Crippen molar-refractivity contribution in [3.63, 3.8) is 0 Å². The number of nitrogens with zero attached hydrogens (tertiary/aromatic N) is 3. The molecule has 2 N–H and O–H groups in total. The van der Waals surface area contributed by atoms with Crippen LogP contribution in [0.3, 0.4) is 0 Å². The number of hydrogen-bond donors (Lipinski definition) is 1. The van der Waals surface area contributed by atoms with E-state index in [1.807, 2.05) is 45.0 Å². The summed E-state index contributed by atoms with van der Waals surface area (Å²) < 4.78 is 0. The monoisotopic (exact) mass is 982 g/mol. The maximum atomic E-state index is 11.8. The van der Waals surface area contributed by atoms with E-state index in [0.717, 1.165) is 5.56 Å². The molecule has 120 valence electrons. The van der Waals surface area contributed by atoms with Crippen molar-refractivity contribution in [1.29, 1.82) is 0 Å². The van der Waals surface area contributed by atoms with Gasteiger partial charge in [-0.25, -0.2) is 0 Å². The SMILES string of the molecule is CC(C)(C)C(=O)[C@@H](N)Cc1cc[c-]cc1.[N-]=[N+]=[N-].[W+2].[W].[W].[W]. The van der Waals surface area contributed by atoms with Gasteiger partial charge in [0.05, 0.1) is 6.04 Å². The summed E-state index contributed by atoms with van der Waals surface area (Å²) in [7, 11) is 0. The van der Waals surface area contributed by atoms with Gasteiger partial charge in [0.1, 0.15) is 0 Å². The van der Waals surface area contributed by atoms with Crippen LogP contribution in [0.2, 0.25) is 0 Å². The van der Waals surface area contributed by atoms with Gasteiger partial charge >= 0.3 is 21.1 Å².